The van der Waals surface area contributed by atoms with Gasteiger partial charge in [0.05, 0.1) is 28.0 Å². The highest BCUT2D eigenvalue weighted by Gasteiger charge is 2.23. The van der Waals surface area contributed by atoms with Gasteiger partial charge in [-0.1, -0.05) is 42.3 Å². The topological polar surface area (TPSA) is 69.7 Å². The summed E-state index contributed by atoms with van der Waals surface area (Å²) in [6.45, 7) is 5.91. The van der Waals surface area contributed by atoms with Gasteiger partial charge in [0.1, 0.15) is 6.54 Å². The number of amides is 1. The molecule has 174 valence electrons. The Morgan fingerprint density at radius 1 is 1.19 bits per heavy atom. The minimum Gasteiger partial charge on any atom is -0.371 e. The van der Waals surface area contributed by atoms with Crippen LogP contribution in [0, 0.1) is 5.92 Å². The lowest BCUT2D eigenvalue weighted by Crippen LogP contribution is -2.41. The second-order valence-corrected chi connectivity index (χ2v) is 11.2. The summed E-state index contributed by atoms with van der Waals surface area (Å²) in [4.78, 5) is 15.1. The maximum atomic E-state index is 12.7. The van der Waals surface area contributed by atoms with Crippen molar-refractivity contribution >= 4 is 50.5 Å². The molecule has 1 amide bonds. The number of hydrogen-bond acceptors (Lipinski definition) is 4. The van der Waals surface area contributed by atoms with Crippen LogP contribution in [0.1, 0.15) is 38.3 Å². The molecule has 1 aliphatic rings. The highest BCUT2D eigenvalue weighted by atomic mass is 35.5. The van der Waals surface area contributed by atoms with Crippen molar-refractivity contribution in [1.29, 1.82) is 0 Å². The second-order valence-electron chi connectivity index (χ2n) is 8.44. The van der Waals surface area contributed by atoms with Gasteiger partial charge >= 0.3 is 0 Å². The minimum absolute atomic E-state index is 0.217. The van der Waals surface area contributed by atoms with E-state index in [0.717, 1.165) is 29.2 Å². The highest BCUT2D eigenvalue weighted by molar-refractivity contribution is 7.92. The predicted molar refractivity (Wildman–Crippen MR) is 132 cm³/mol. The van der Waals surface area contributed by atoms with E-state index in [4.69, 9.17) is 23.2 Å². The molecule has 32 heavy (non-hydrogen) atoms. The monoisotopic (exact) mass is 497 g/mol. The lowest BCUT2D eigenvalue weighted by atomic mass is 9.99. The van der Waals surface area contributed by atoms with Crippen LogP contribution >= 0.6 is 23.2 Å². The first-order chi connectivity index (χ1) is 15.0. The zero-order chi connectivity index (χ0) is 23.5. The Balaban J connectivity index is 1.66. The first kappa shape index (κ1) is 24.7. The van der Waals surface area contributed by atoms with Crippen LogP contribution in [-0.4, -0.2) is 40.2 Å². The molecule has 9 heteroatoms. The van der Waals surface area contributed by atoms with Crippen LogP contribution in [0.25, 0.3) is 0 Å². The molecule has 1 fully saturated rings. The number of piperidine rings is 1. The van der Waals surface area contributed by atoms with Crippen LogP contribution in [0.4, 0.5) is 11.4 Å². The molecule has 1 saturated heterocycles. The third-order valence-corrected chi connectivity index (χ3v) is 7.55. The number of rotatable bonds is 7. The van der Waals surface area contributed by atoms with Gasteiger partial charge in [0.2, 0.25) is 15.9 Å². The number of carbonyl (C=O) groups is 1. The molecule has 2 aromatic carbocycles. The maximum absolute atomic E-state index is 12.7. The van der Waals surface area contributed by atoms with E-state index in [1.54, 1.807) is 0 Å². The lowest BCUT2D eigenvalue weighted by Gasteiger charge is -2.33. The van der Waals surface area contributed by atoms with Crippen LogP contribution in [0.3, 0.4) is 0 Å². The molecule has 0 radical (unpaired) electrons. The molecular weight excluding hydrogens is 469 g/mol. The molecule has 6 nitrogen and oxygen atoms in total. The normalized spacial score (nSPS) is 17.7. The summed E-state index contributed by atoms with van der Waals surface area (Å²) >= 11 is 12.0. The van der Waals surface area contributed by atoms with Crippen molar-refractivity contribution in [2.24, 2.45) is 5.92 Å². The lowest BCUT2D eigenvalue weighted by molar-refractivity contribution is -0.120. The Morgan fingerprint density at radius 3 is 2.47 bits per heavy atom. The molecule has 0 bridgehead atoms. The second kappa shape index (κ2) is 10.3. The smallest absolute Gasteiger partial charge is 0.241 e. The maximum Gasteiger partial charge on any atom is 0.241 e. The van der Waals surface area contributed by atoms with Gasteiger partial charge in [-0.2, -0.15) is 0 Å². The largest absolute Gasteiger partial charge is 0.371 e. The van der Waals surface area contributed by atoms with Gasteiger partial charge in [-0.05, 0) is 61.6 Å². The van der Waals surface area contributed by atoms with E-state index in [-0.39, 0.29) is 23.3 Å². The van der Waals surface area contributed by atoms with E-state index in [2.05, 4.69) is 29.3 Å². The first-order valence-electron chi connectivity index (χ1n) is 10.6. The van der Waals surface area contributed by atoms with E-state index in [0.29, 0.717) is 10.9 Å². The van der Waals surface area contributed by atoms with Gasteiger partial charge in [0.15, 0.2) is 0 Å². The Kier molecular flexibility index (Phi) is 7.96. The van der Waals surface area contributed by atoms with Gasteiger partial charge in [-0.25, -0.2) is 8.42 Å². The molecule has 1 heterocycles. The van der Waals surface area contributed by atoms with Crippen molar-refractivity contribution in [2.45, 2.75) is 32.7 Å². The Labute approximate surface area is 200 Å². The van der Waals surface area contributed by atoms with Gasteiger partial charge in [0, 0.05) is 18.8 Å². The van der Waals surface area contributed by atoms with E-state index in [1.165, 1.54) is 36.7 Å². The van der Waals surface area contributed by atoms with Gasteiger partial charge in [0.25, 0.3) is 0 Å². The van der Waals surface area contributed by atoms with Crippen molar-refractivity contribution < 1.29 is 13.2 Å². The van der Waals surface area contributed by atoms with Crippen molar-refractivity contribution in [3.05, 3.63) is 58.1 Å². The molecule has 0 aromatic heterocycles. The van der Waals surface area contributed by atoms with Crippen molar-refractivity contribution in [3.63, 3.8) is 0 Å². The van der Waals surface area contributed by atoms with E-state index >= 15 is 0 Å². The number of sulfonamides is 1. The SMILES string of the molecule is CC1CCCN(c2ccc(C(C)NC(=O)CN(c3ccc(Cl)c(Cl)c3)S(C)(=O)=O)cc2)C1. The molecule has 3 rings (SSSR count). The highest BCUT2D eigenvalue weighted by Crippen LogP contribution is 2.28. The van der Waals surface area contributed by atoms with Crippen molar-refractivity contribution in [3.8, 4) is 0 Å². The molecular formula is C23H29Cl2N3O3S. The minimum atomic E-state index is -3.70. The average molecular weight is 498 g/mol. The Morgan fingerprint density at radius 2 is 1.88 bits per heavy atom. The molecule has 2 aromatic rings. The van der Waals surface area contributed by atoms with Gasteiger partial charge in [-0.15, -0.1) is 0 Å². The number of benzene rings is 2. The first-order valence-corrected chi connectivity index (χ1v) is 13.2. The quantitative estimate of drug-likeness (QED) is 0.591. The third kappa shape index (κ3) is 6.30. The molecule has 0 saturated carbocycles. The molecule has 1 N–H and O–H groups in total. The predicted octanol–water partition coefficient (Wildman–Crippen LogP) is 4.87. The number of hydrogen-bond donors (Lipinski definition) is 1. The van der Waals surface area contributed by atoms with Crippen LogP contribution in [-0.2, 0) is 14.8 Å². The molecule has 0 spiro atoms. The van der Waals surface area contributed by atoms with Gasteiger partial charge < -0.3 is 10.2 Å². The molecule has 2 unspecified atom stereocenters. The molecule has 1 aliphatic heterocycles. The number of halogens is 2. The fourth-order valence-electron chi connectivity index (χ4n) is 3.94. The summed E-state index contributed by atoms with van der Waals surface area (Å²) in [7, 11) is -3.70. The van der Waals surface area contributed by atoms with E-state index < -0.39 is 15.9 Å². The summed E-state index contributed by atoms with van der Waals surface area (Å²) in [6, 6.07) is 12.4. The zero-order valence-corrected chi connectivity index (χ0v) is 20.8. The summed E-state index contributed by atoms with van der Waals surface area (Å²) in [5.74, 6) is 0.276. The van der Waals surface area contributed by atoms with Crippen LogP contribution in [0.5, 0.6) is 0 Å². The third-order valence-electron chi connectivity index (χ3n) is 5.67. The average Bonchev–Trinajstić information content (AvgIpc) is 2.73. The van der Waals surface area contributed by atoms with Crippen LogP contribution in [0.2, 0.25) is 10.0 Å². The van der Waals surface area contributed by atoms with Crippen LogP contribution in [0.15, 0.2) is 42.5 Å². The van der Waals surface area contributed by atoms with Gasteiger partial charge in [-0.3, -0.25) is 9.10 Å². The number of carbonyl (C=O) groups excluding carboxylic acids is 1. The van der Waals surface area contributed by atoms with Crippen molar-refractivity contribution in [2.75, 3.05) is 35.1 Å². The number of nitrogens with one attached hydrogen (secondary N) is 1. The van der Waals surface area contributed by atoms with Crippen LogP contribution < -0.4 is 14.5 Å². The fourth-order valence-corrected chi connectivity index (χ4v) is 5.08. The molecule has 2 atom stereocenters. The van der Waals surface area contributed by atoms with E-state index in [1.807, 2.05) is 19.1 Å². The summed E-state index contributed by atoms with van der Waals surface area (Å²) < 4.78 is 25.6. The standard InChI is InChI=1S/C23H29Cl2N3O3S/c1-16-5-4-12-27(14-16)19-8-6-18(7-9-19)17(2)26-23(29)15-28(32(3,30)31)20-10-11-21(24)22(25)13-20/h6-11,13,16-17H,4-5,12,14-15H2,1-3H3,(H,26,29). The Hall–Kier alpha value is -1.96. The summed E-state index contributed by atoms with van der Waals surface area (Å²) in [6.07, 6.45) is 3.52. The fraction of sp³-hybridized carbons (Fsp3) is 0.435. The van der Waals surface area contributed by atoms with E-state index in [9.17, 15) is 13.2 Å². The summed E-state index contributed by atoms with van der Waals surface area (Å²) in [5.41, 5.74) is 2.42. The number of anilines is 2. The number of nitrogens with zero attached hydrogens (tertiary/aromatic N) is 2. The summed E-state index contributed by atoms with van der Waals surface area (Å²) in [5, 5.41) is 3.41. The molecule has 0 aliphatic carbocycles. The Bertz CT molecular complexity index is 1060. The van der Waals surface area contributed by atoms with Crippen molar-refractivity contribution in [1.82, 2.24) is 5.32 Å². The zero-order valence-electron chi connectivity index (χ0n) is 18.5.